The zero-order valence-corrected chi connectivity index (χ0v) is 11.3. The van der Waals surface area contributed by atoms with E-state index < -0.39 is 0 Å². The summed E-state index contributed by atoms with van der Waals surface area (Å²) >= 11 is 5.79. The van der Waals surface area contributed by atoms with Gasteiger partial charge in [0, 0.05) is 16.3 Å². The van der Waals surface area contributed by atoms with E-state index in [4.69, 9.17) is 16.3 Å². The van der Waals surface area contributed by atoms with Gasteiger partial charge in [-0.05, 0) is 49.4 Å². The Balaban J connectivity index is 2.11. The number of ether oxygens (including phenoxy) is 1. The van der Waals surface area contributed by atoms with Crippen molar-refractivity contribution < 1.29 is 9.53 Å². The molecule has 1 N–H and O–H groups in total. The summed E-state index contributed by atoms with van der Waals surface area (Å²) in [6, 6.07) is 14.0. The van der Waals surface area contributed by atoms with Gasteiger partial charge in [0.15, 0.2) is 0 Å². The van der Waals surface area contributed by atoms with Crippen molar-refractivity contribution in [2.45, 2.75) is 6.92 Å². The predicted octanol–water partition coefficient (Wildman–Crippen LogP) is 3.99. The van der Waals surface area contributed by atoms with Crippen molar-refractivity contribution in [3.8, 4) is 5.75 Å². The lowest BCUT2D eigenvalue weighted by Crippen LogP contribution is -2.11. The maximum Gasteiger partial charge on any atom is 0.255 e. The van der Waals surface area contributed by atoms with E-state index in [1.807, 2.05) is 13.0 Å². The average molecular weight is 276 g/mol. The summed E-state index contributed by atoms with van der Waals surface area (Å²) in [5, 5.41) is 3.44. The minimum atomic E-state index is -0.177. The maximum absolute atomic E-state index is 12.1. The standard InChI is InChI=1S/C15H14ClNO2/c1-2-19-14-5-3-4-11(10-14)15(18)17-13-8-6-12(16)7-9-13/h3-10H,2H2,1H3,(H,17,18). The number of anilines is 1. The number of nitrogens with one attached hydrogen (secondary N) is 1. The molecule has 0 saturated carbocycles. The molecular formula is C15H14ClNO2. The highest BCUT2D eigenvalue weighted by molar-refractivity contribution is 6.30. The third-order valence-electron chi connectivity index (χ3n) is 2.51. The van der Waals surface area contributed by atoms with Crippen molar-refractivity contribution in [2.24, 2.45) is 0 Å². The second-order valence-corrected chi connectivity index (χ2v) is 4.36. The molecule has 2 rings (SSSR count). The maximum atomic E-state index is 12.1. The van der Waals surface area contributed by atoms with Gasteiger partial charge in [-0.25, -0.2) is 0 Å². The first-order valence-electron chi connectivity index (χ1n) is 5.99. The van der Waals surface area contributed by atoms with Gasteiger partial charge in [-0.1, -0.05) is 17.7 Å². The van der Waals surface area contributed by atoms with Gasteiger partial charge in [-0.15, -0.1) is 0 Å². The third kappa shape index (κ3) is 3.73. The van der Waals surface area contributed by atoms with Gasteiger partial charge in [0.25, 0.3) is 5.91 Å². The molecule has 0 unspecified atom stereocenters. The zero-order valence-electron chi connectivity index (χ0n) is 10.5. The summed E-state index contributed by atoms with van der Waals surface area (Å²) in [6.45, 7) is 2.47. The van der Waals surface area contributed by atoms with Crippen molar-refractivity contribution in [1.82, 2.24) is 0 Å². The quantitative estimate of drug-likeness (QED) is 0.916. The van der Waals surface area contributed by atoms with Crippen LogP contribution in [0.3, 0.4) is 0 Å². The van der Waals surface area contributed by atoms with Crippen LogP contribution in [0.1, 0.15) is 17.3 Å². The molecule has 2 aromatic carbocycles. The van der Waals surface area contributed by atoms with E-state index >= 15 is 0 Å². The topological polar surface area (TPSA) is 38.3 Å². The second kappa shape index (κ2) is 6.25. The molecule has 0 aliphatic heterocycles. The van der Waals surface area contributed by atoms with Gasteiger partial charge in [0.05, 0.1) is 6.61 Å². The van der Waals surface area contributed by atoms with E-state index in [-0.39, 0.29) is 5.91 Å². The molecule has 0 heterocycles. The summed E-state index contributed by atoms with van der Waals surface area (Å²) in [5.74, 6) is 0.509. The van der Waals surface area contributed by atoms with E-state index in [1.165, 1.54) is 0 Å². The van der Waals surface area contributed by atoms with Crippen LogP contribution in [0.25, 0.3) is 0 Å². The molecule has 0 aliphatic rings. The Bertz CT molecular complexity index is 567. The largest absolute Gasteiger partial charge is 0.494 e. The van der Waals surface area contributed by atoms with E-state index in [0.29, 0.717) is 28.6 Å². The number of hydrogen-bond donors (Lipinski definition) is 1. The molecule has 0 atom stereocenters. The first kappa shape index (κ1) is 13.4. The fourth-order valence-corrected chi connectivity index (χ4v) is 1.76. The number of hydrogen-bond acceptors (Lipinski definition) is 2. The van der Waals surface area contributed by atoms with E-state index in [0.717, 1.165) is 0 Å². The van der Waals surface area contributed by atoms with Crippen molar-refractivity contribution in [3.05, 3.63) is 59.1 Å². The second-order valence-electron chi connectivity index (χ2n) is 3.92. The Morgan fingerprint density at radius 2 is 1.95 bits per heavy atom. The molecule has 0 bridgehead atoms. The lowest BCUT2D eigenvalue weighted by molar-refractivity contribution is 0.102. The molecule has 0 aromatic heterocycles. The van der Waals surface area contributed by atoms with Crippen molar-refractivity contribution >= 4 is 23.2 Å². The molecular weight excluding hydrogens is 262 g/mol. The van der Waals surface area contributed by atoms with E-state index in [1.54, 1.807) is 42.5 Å². The Morgan fingerprint density at radius 1 is 1.21 bits per heavy atom. The predicted molar refractivity (Wildman–Crippen MR) is 77.0 cm³/mol. The van der Waals surface area contributed by atoms with E-state index in [9.17, 15) is 4.79 Å². The SMILES string of the molecule is CCOc1cccc(C(=O)Nc2ccc(Cl)cc2)c1. The Hall–Kier alpha value is -2.00. The molecule has 0 radical (unpaired) electrons. The lowest BCUT2D eigenvalue weighted by atomic mass is 10.2. The number of amides is 1. The third-order valence-corrected chi connectivity index (χ3v) is 2.76. The fourth-order valence-electron chi connectivity index (χ4n) is 1.63. The molecule has 2 aromatic rings. The molecule has 1 amide bonds. The normalized spacial score (nSPS) is 10.0. The molecule has 98 valence electrons. The Kier molecular flexibility index (Phi) is 4.42. The number of benzene rings is 2. The number of carbonyl (C=O) groups is 1. The van der Waals surface area contributed by atoms with Crippen molar-refractivity contribution in [1.29, 1.82) is 0 Å². The minimum Gasteiger partial charge on any atom is -0.494 e. The van der Waals surface area contributed by atoms with Crippen LogP contribution in [0.4, 0.5) is 5.69 Å². The van der Waals surface area contributed by atoms with Crippen LogP contribution in [-0.2, 0) is 0 Å². The molecule has 3 nitrogen and oxygen atoms in total. The van der Waals surface area contributed by atoms with Gasteiger partial charge >= 0.3 is 0 Å². The van der Waals surface area contributed by atoms with Crippen LogP contribution in [0.2, 0.25) is 5.02 Å². The summed E-state index contributed by atoms with van der Waals surface area (Å²) in [7, 11) is 0. The van der Waals surface area contributed by atoms with Crippen molar-refractivity contribution in [2.75, 3.05) is 11.9 Å². The Labute approximate surface area is 117 Å². The zero-order chi connectivity index (χ0) is 13.7. The van der Waals surface area contributed by atoms with Gasteiger partial charge in [0.2, 0.25) is 0 Å². The van der Waals surface area contributed by atoms with Crippen LogP contribution in [0.15, 0.2) is 48.5 Å². The number of carbonyl (C=O) groups excluding carboxylic acids is 1. The average Bonchev–Trinajstić information content (AvgIpc) is 2.42. The highest BCUT2D eigenvalue weighted by Crippen LogP contribution is 2.17. The Morgan fingerprint density at radius 3 is 2.63 bits per heavy atom. The highest BCUT2D eigenvalue weighted by Gasteiger charge is 2.07. The highest BCUT2D eigenvalue weighted by atomic mass is 35.5. The smallest absolute Gasteiger partial charge is 0.255 e. The molecule has 0 saturated heterocycles. The molecule has 0 fully saturated rings. The lowest BCUT2D eigenvalue weighted by Gasteiger charge is -2.07. The minimum absolute atomic E-state index is 0.177. The van der Waals surface area contributed by atoms with Crippen LogP contribution in [0, 0.1) is 0 Å². The van der Waals surface area contributed by atoms with Crippen LogP contribution < -0.4 is 10.1 Å². The van der Waals surface area contributed by atoms with Crippen LogP contribution in [0.5, 0.6) is 5.75 Å². The van der Waals surface area contributed by atoms with Crippen molar-refractivity contribution in [3.63, 3.8) is 0 Å². The van der Waals surface area contributed by atoms with Gasteiger partial charge in [-0.2, -0.15) is 0 Å². The van der Waals surface area contributed by atoms with Gasteiger partial charge in [0.1, 0.15) is 5.75 Å². The molecule has 4 heteroatoms. The molecule has 19 heavy (non-hydrogen) atoms. The van der Waals surface area contributed by atoms with E-state index in [2.05, 4.69) is 5.32 Å². The fraction of sp³-hybridized carbons (Fsp3) is 0.133. The summed E-state index contributed by atoms with van der Waals surface area (Å²) in [6.07, 6.45) is 0. The summed E-state index contributed by atoms with van der Waals surface area (Å²) < 4.78 is 5.37. The van der Waals surface area contributed by atoms with Gasteiger partial charge in [-0.3, -0.25) is 4.79 Å². The molecule has 0 spiro atoms. The summed E-state index contributed by atoms with van der Waals surface area (Å²) in [4.78, 5) is 12.1. The first-order valence-corrected chi connectivity index (χ1v) is 6.36. The number of halogens is 1. The van der Waals surface area contributed by atoms with Crippen LogP contribution >= 0.6 is 11.6 Å². The summed E-state index contributed by atoms with van der Waals surface area (Å²) in [5.41, 5.74) is 1.26. The monoisotopic (exact) mass is 275 g/mol. The number of rotatable bonds is 4. The van der Waals surface area contributed by atoms with Crippen LogP contribution in [-0.4, -0.2) is 12.5 Å². The first-order chi connectivity index (χ1) is 9.19. The van der Waals surface area contributed by atoms with Gasteiger partial charge < -0.3 is 10.1 Å². The molecule has 0 aliphatic carbocycles.